The molecule has 0 aliphatic heterocycles. The van der Waals surface area contributed by atoms with Crippen molar-refractivity contribution in [3.8, 4) is 5.75 Å². The van der Waals surface area contributed by atoms with E-state index in [-0.39, 0.29) is 6.04 Å². The fourth-order valence-corrected chi connectivity index (χ4v) is 2.47. The van der Waals surface area contributed by atoms with Gasteiger partial charge in [0.2, 0.25) is 0 Å². The monoisotopic (exact) mass is 290 g/mol. The average molecular weight is 291 g/mol. The average Bonchev–Trinajstić information content (AvgIpc) is 2.46. The van der Waals surface area contributed by atoms with E-state index < -0.39 is 0 Å². The van der Waals surface area contributed by atoms with Gasteiger partial charge in [-0.1, -0.05) is 41.9 Å². The standard InChI is InChI=1S/C16H19ClN2O/c1-3-20-15-10-5-4-7-13(15)16(19-18)12-8-6-9-14(17)11(12)2/h4-10,16,19H,3,18H2,1-2H3. The number of para-hydroxylation sites is 1. The van der Waals surface area contributed by atoms with Gasteiger partial charge in [0.15, 0.2) is 0 Å². The molecular formula is C16H19ClN2O. The molecule has 0 radical (unpaired) electrons. The molecule has 1 atom stereocenters. The number of halogens is 1. The Morgan fingerprint density at radius 2 is 1.85 bits per heavy atom. The molecule has 0 aromatic heterocycles. The smallest absolute Gasteiger partial charge is 0.124 e. The first-order valence-corrected chi connectivity index (χ1v) is 6.99. The molecule has 0 aliphatic rings. The lowest BCUT2D eigenvalue weighted by Crippen LogP contribution is -2.29. The molecule has 0 bridgehead atoms. The summed E-state index contributed by atoms with van der Waals surface area (Å²) in [5, 5.41) is 0.733. The second-order valence-electron chi connectivity index (χ2n) is 4.52. The Morgan fingerprint density at radius 1 is 1.15 bits per heavy atom. The molecule has 2 aromatic rings. The van der Waals surface area contributed by atoms with E-state index in [1.165, 1.54) is 0 Å². The van der Waals surface area contributed by atoms with Crippen LogP contribution in [-0.2, 0) is 0 Å². The van der Waals surface area contributed by atoms with Gasteiger partial charge in [0.1, 0.15) is 5.75 Å². The molecule has 0 aliphatic carbocycles. The largest absolute Gasteiger partial charge is 0.494 e. The molecule has 0 saturated heterocycles. The van der Waals surface area contributed by atoms with Gasteiger partial charge < -0.3 is 4.74 Å². The minimum absolute atomic E-state index is 0.156. The summed E-state index contributed by atoms with van der Waals surface area (Å²) in [4.78, 5) is 0. The quantitative estimate of drug-likeness (QED) is 0.653. The van der Waals surface area contributed by atoms with Crippen LogP contribution in [0.2, 0.25) is 5.02 Å². The molecule has 0 amide bonds. The van der Waals surface area contributed by atoms with Gasteiger partial charge >= 0.3 is 0 Å². The zero-order chi connectivity index (χ0) is 14.5. The zero-order valence-electron chi connectivity index (χ0n) is 11.7. The number of ether oxygens (including phenoxy) is 1. The van der Waals surface area contributed by atoms with Crippen molar-refractivity contribution in [2.75, 3.05) is 6.61 Å². The van der Waals surface area contributed by atoms with Gasteiger partial charge in [-0.3, -0.25) is 5.84 Å². The van der Waals surface area contributed by atoms with Crippen molar-refractivity contribution in [2.45, 2.75) is 19.9 Å². The van der Waals surface area contributed by atoms with Gasteiger partial charge in [-0.15, -0.1) is 0 Å². The maximum Gasteiger partial charge on any atom is 0.124 e. The minimum atomic E-state index is -0.156. The Labute approximate surface area is 124 Å². The number of hydrogen-bond donors (Lipinski definition) is 2. The topological polar surface area (TPSA) is 47.3 Å². The van der Waals surface area contributed by atoms with Gasteiger partial charge in [0, 0.05) is 10.6 Å². The molecular weight excluding hydrogens is 272 g/mol. The minimum Gasteiger partial charge on any atom is -0.494 e. The van der Waals surface area contributed by atoms with E-state index in [1.54, 1.807) is 0 Å². The summed E-state index contributed by atoms with van der Waals surface area (Å²) in [6, 6.07) is 13.6. The molecule has 2 aromatic carbocycles. The Bertz CT molecular complexity index is 586. The predicted octanol–water partition coefficient (Wildman–Crippen LogP) is 3.60. The second kappa shape index (κ2) is 6.75. The fourth-order valence-electron chi connectivity index (χ4n) is 2.29. The highest BCUT2D eigenvalue weighted by Gasteiger charge is 2.19. The zero-order valence-corrected chi connectivity index (χ0v) is 12.4. The highest BCUT2D eigenvalue weighted by atomic mass is 35.5. The molecule has 0 saturated carbocycles. The fraction of sp³-hybridized carbons (Fsp3) is 0.250. The lowest BCUT2D eigenvalue weighted by atomic mass is 9.95. The van der Waals surface area contributed by atoms with E-state index >= 15 is 0 Å². The van der Waals surface area contributed by atoms with Crippen LogP contribution < -0.4 is 16.0 Å². The van der Waals surface area contributed by atoms with E-state index in [9.17, 15) is 0 Å². The van der Waals surface area contributed by atoms with E-state index in [2.05, 4.69) is 5.43 Å². The molecule has 106 valence electrons. The lowest BCUT2D eigenvalue weighted by Gasteiger charge is -2.22. The number of hydrazine groups is 1. The molecule has 3 N–H and O–H groups in total. The first-order valence-electron chi connectivity index (χ1n) is 6.61. The van der Waals surface area contributed by atoms with Crippen LogP contribution in [0.15, 0.2) is 42.5 Å². The van der Waals surface area contributed by atoms with Crippen molar-refractivity contribution in [1.29, 1.82) is 0 Å². The van der Waals surface area contributed by atoms with Gasteiger partial charge in [-0.2, -0.15) is 0 Å². The van der Waals surface area contributed by atoms with Crippen LogP contribution in [0.1, 0.15) is 29.7 Å². The van der Waals surface area contributed by atoms with Crippen molar-refractivity contribution in [2.24, 2.45) is 5.84 Å². The summed E-state index contributed by atoms with van der Waals surface area (Å²) in [6.07, 6.45) is 0. The van der Waals surface area contributed by atoms with Crippen molar-refractivity contribution < 1.29 is 4.74 Å². The van der Waals surface area contributed by atoms with Crippen LogP contribution >= 0.6 is 11.6 Å². The van der Waals surface area contributed by atoms with Crippen molar-refractivity contribution in [3.05, 3.63) is 64.2 Å². The van der Waals surface area contributed by atoms with Crippen LogP contribution in [-0.4, -0.2) is 6.61 Å². The number of hydrogen-bond acceptors (Lipinski definition) is 3. The molecule has 2 rings (SSSR count). The second-order valence-corrected chi connectivity index (χ2v) is 4.93. The van der Waals surface area contributed by atoms with Crippen molar-refractivity contribution in [1.82, 2.24) is 5.43 Å². The van der Waals surface area contributed by atoms with Crippen LogP contribution in [0.25, 0.3) is 0 Å². The van der Waals surface area contributed by atoms with Crippen molar-refractivity contribution in [3.63, 3.8) is 0 Å². The predicted molar refractivity (Wildman–Crippen MR) is 83.0 cm³/mol. The summed E-state index contributed by atoms with van der Waals surface area (Å²) in [5.41, 5.74) is 5.93. The molecule has 1 unspecified atom stereocenters. The number of benzene rings is 2. The molecule has 20 heavy (non-hydrogen) atoms. The Kier molecular flexibility index (Phi) is 5.01. The van der Waals surface area contributed by atoms with Crippen LogP contribution in [0, 0.1) is 6.92 Å². The normalized spacial score (nSPS) is 12.2. The summed E-state index contributed by atoms with van der Waals surface area (Å²) < 4.78 is 5.68. The number of rotatable bonds is 5. The molecule has 0 fully saturated rings. The third kappa shape index (κ3) is 2.96. The summed E-state index contributed by atoms with van der Waals surface area (Å²) in [7, 11) is 0. The van der Waals surface area contributed by atoms with Gasteiger partial charge in [0.25, 0.3) is 0 Å². The van der Waals surface area contributed by atoms with E-state index in [0.29, 0.717) is 6.61 Å². The molecule has 4 heteroatoms. The Morgan fingerprint density at radius 3 is 2.55 bits per heavy atom. The summed E-state index contributed by atoms with van der Waals surface area (Å²) in [5.74, 6) is 6.60. The molecule has 0 spiro atoms. The summed E-state index contributed by atoms with van der Waals surface area (Å²) >= 11 is 6.20. The number of nitrogens with one attached hydrogen (secondary N) is 1. The van der Waals surface area contributed by atoms with Crippen LogP contribution in [0.5, 0.6) is 5.75 Å². The molecule has 0 heterocycles. The first kappa shape index (κ1) is 14.9. The third-order valence-electron chi connectivity index (χ3n) is 3.32. The van der Waals surface area contributed by atoms with E-state index in [4.69, 9.17) is 22.2 Å². The van der Waals surface area contributed by atoms with Gasteiger partial charge in [-0.05, 0) is 37.1 Å². The maximum atomic E-state index is 6.20. The Hall–Kier alpha value is -1.55. The third-order valence-corrected chi connectivity index (χ3v) is 3.73. The number of nitrogens with two attached hydrogens (primary N) is 1. The highest BCUT2D eigenvalue weighted by Crippen LogP contribution is 2.33. The first-order chi connectivity index (χ1) is 9.69. The lowest BCUT2D eigenvalue weighted by molar-refractivity contribution is 0.333. The SMILES string of the molecule is CCOc1ccccc1C(NN)c1cccc(Cl)c1C. The van der Waals surface area contributed by atoms with Gasteiger partial charge in [-0.25, -0.2) is 5.43 Å². The van der Waals surface area contributed by atoms with Crippen LogP contribution in [0.3, 0.4) is 0 Å². The molecule has 3 nitrogen and oxygen atoms in total. The highest BCUT2D eigenvalue weighted by molar-refractivity contribution is 6.31. The van der Waals surface area contributed by atoms with Gasteiger partial charge in [0.05, 0.1) is 12.6 Å². The van der Waals surface area contributed by atoms with Crippen molar-refractivity contribution >= 4 is 11.6 Å². The Balaban J connectivity index is 2.50. The van der Waals surface area contributed by atoms with E-state index in [0.717, 1.165) is 27.5 Å². The van der Waals surface area contributed by atoms with Crippen LogP contribution in [0.4, 0.5) is 0 Å². The van der Waals surface area contributed by atoms with E-state index in [1.807, 2.05) is 56.3 Å². The summed E-state index contributed by atoms with van der Waals surface area (Å²) in [6.45, 7) is 4.57. The maximum absolute atomic E-state index is 6.20.